The van der Waals surface area contributed by atoms with Crippen molar-refractivity contribution in [1.82, 2.24) is 15.5 Å². The number of rotatable bonds is 3. The van der Waals surface area contributed by atoms with Crippen LogP contribution in [0.15, 0.2) is 0 Å². The molecule has 5 nitrogen and oxygen atoms in total. The number of hydrogen-bond acceptors (Lipinski definition) is 3. The summed E-state index contributed by atoms with van der Waals surface area (Å²) in [7, 11) is 0. The number of nitrogens with two attached hydrogens (primary N) is 1. The molecule has 1 aromatic heterocycles. The Labute approximate surface area is 76.7 Å². The van der Waals surface area contributed by atoms with Gasteiger partial charge in [-0.3, -0.25) is 9.89 Å². The van der Waals surface area contributed by atoms with Gasteiger partial charge in [0.25, 0.3) is 0 Å². The van der Waals surface area contributed by atoms with Gasteiger partial charge in [0.2, 0.25) is 5.91 Å². The normalized spacial score (nSPS) is 10.1. The number of carbonyl (C=O) groups is 1. The summed E-state index contributed by atoms with van der Waals surface area (Å²) >= 11 is 0. The van der Waals surface area contributed by atoms with Crippen LogP contribution in [0.5, 0.6) is 0 Å². The van der Waals surface area contributed by atoms with Crippen LogP contribution in [-0.4, -0.2) is 22.6 Å². The first-order valence-electron chi connectivity index (χ1n) is 4.12. The highest BCUT2D eigenvalue weighted by atomic mass is 16.1. The molecule has 0 aromatic carbocycles. The predicted octanol–water partition coefficient (Wildman–Crippen LogP) is -0.399. The minimum atomic E-state index is -0.153. The molecule has 1 heterocycles. The fraction of sp³-hybridized carbons (Fsp3) is 0.500. The van der Waals surface area contributed by atoms with Gasteiger partial charge in [0.15, 0.2) is 0 Å². The molecular formula is C8H14N4O. The summed E-state index contributed by atoms with van der Waals surface area (Å²) in [5.74, 6) is -0.153. The molecule has 0 radical (unpaired) electrons. The molecule has 5 heteroatoms. The number of aromatic nitrogens is 2. The second kappa shape index (κ2) is 4.04. The molecule has 1 rings (SSSR count). The summed E-state index contributed by atoms with van der Waals surface area (Å²) < 4.78 is 0. The average molecular weight is 182 g/mol. The monoisotopic (exact) mass is 182 g/mol. The van der Waals surface area contributed by atoms with E-state index in [-0.39, 0.29) is 12.5 Å². The summed E-state index contributed by atoms with van der Waals surface area (Å²) in [6.07, 6.45) is 0. The molecule has 0 atom stereocenters. The summed E-state index contributed by atoms with van der Waals surface area (Å²) in [6, 6.07) is 0. The van der Waals surface area contributed by atoms with Crippen molar-refractivity contribution in [3.63, 3.8) is 0 Å². The van der Waals surface area contributed by atoms with E-state index >= 15 is 0 Å². The van der Waals surface area contributed by atoms with Crippen LogP contribution in [-0.2, 0) is 11.3 Å². The number of amides is 1. The molecule has 0 bridgehead atoms. The van der Waals surface area contributed by atoms with Gasteiger partial charge < -0.3 is 11.1 Å². The third-order valence-corrected chi connectivity index (χ3v) is 1.93. The summed E-state index contributed by atoms with van der Waals surface area (Å²) in [6.45, 7) is 4.33. The highest BCUT2D eigenvalue weighted by Crippen LogP contribution is 2.07. The van der Waals surface area contributed by atoms with Crippen LogP contribution >= 0.6 is 0 Å². The lowest BCUT2D eigenvalue weighted by atomic mass is 10.2. The van der Waals surface area contributed by atoms with Crippen LogP contribution < -0.4 is 11.1 Å². The van der Waals surface area contributed by atoms with E-state index in [0.717, 1.165) is 17.0 Å². The fourth-order valence-corrected chi connectivity index (χ4v) is 1.09. The minimum Gasteiger partial charge on any atom is -0.351 e. The van der Waals surface area contributed by atoms with Crippen LogP contribution in [0.2, 0.25) is 0 Å². The fourth-order valence-electron chi connectivity index (χ4n) is 1.09. The maximum atomic E-state index is 10.9. The van der Waals surface area contributed by atoms with Gasteiger partial charge in [-0.15, -0.1) is 0 Å². The van der Waals surface area contributed by atoms with Crippen molar-refractivity contribution < 1.29 is 4.79 Å². The summed E-state index contributed by atoms with van der Waals surface area (Å²) in [5, 5.41) is 9.55. The van der Waals surface area contributed by atoms with Gasteiger partial charge in [-0.1, -0.05) is 0 Å². The average Bonchev–Trinajstić information content (AvgIpc) is 2.43. The van der Waals surface area contributed by atoms with E-state index in [0.29, 0.717) is 6.54 Å². The van der Waals surface area contributed by atoms with E-state index in [4.69, 9.17) is 5.73 Å². The Bertz CT molecular complexity index is 286. The Morgan fingerprint density at radius 3 is 2.77 bits per heavy atom. The number of nitrogens with zero attached hydrogens (tertiary/aromatic N) is 1. The highest BCUT2D eigenvalue weighted by molar-refractivity contribution is 5.77. The zero-order valence-corrected chi connectivity index (χ0v) is 7.85. The Balaban J connectivity index is 2.58. The largest absolute Gasteiger partial charge is 0.351 e. The Morgan fingerprint density at radius 2 is 2.31 bits per heavy atom. The van der Waals surface area contributed by atoms with Crippen molar-refractivity contribution in [3.05, 3.63) is 17.0 Å². The van der Waals surface area contributed by atoms with E-state index in [2.05, 4.69) is 15.5 Å². The van der Waals surface area contributed by atoms with E-state index in [1.807, 2.05) is 13.8 Å². The van der Waals surface area contributed by atoms with Gasteiger partial charge in [0.1, 0.15) is 0 Å². The van der Waals surface area contributed by atoms with Crippen LogP contribution in [0.3, 0.4) is 0 Å². The molecule has 72 valence electrons. The molecule has 0 fully saturated rings. The van der Waals surface area contributed by atoms with Gasteiger partial charge >= 0.3 is 0 Å². The topological polar surface area (TPSA) is 83.8 Å². The Morgan fingerprint density at radius 1 is 1.62 bits per heavy atom. The number of H-pyrrole nitrogens is 1. The molecule has 1 amide bonds. The summed E-state index contributed by atoms with van der Waals surface area (Å²) in [5.41, 5.74) is 8.07. The third-order valence-electron chi connectivity index (χ3n) is 1.93. The quantitative estimate of drug-likeness (QED) is 0.594. The Hall–Kier alpha value is -1.36. The van der Waals surface area contributed by atoms with Crippen LogP contribution in [0.1, 0.15) is 17.0 Å². The van der Waals surface area contributed by atoms with Gasteiger partial charge in [-0.05, 0) is 13.8 Å². The lowest BCUT2D eigenvalue weighted by Crippen LogP contribution is -2.29. The lowest BCUT2D eigenvalue weighted by Gasteiger charge is -2.02. The maximum Gasteiger partial charge on any atom is 0.234 e. The zero-order chi connectivity index (χ0) is 9.84. The molecule has 0 aliphatic heterocycles. The first kappa shape index (κ1) is 9.73. The van der Waals surface area contributed by atoms with Gasteiger partial charge in [0.05, 0.1) is 12.2 Å². The predicted molar refractivity (Wildman–Crippen MR) is 49.0 cm³/mol. The SMILES string of the molecule is Cc1n[nH]c(C)c1CNC(=O)CN. The standard InChI is InChI=1S/C8H14N4O/c1-5-7(6(2)12-11-5)4-10-8(13)3-9/h3-4,9H2,1-2H3,(H,10,13)(H,11,12). The van der Waals surface area contributed by atoms with E-state index in [1.165, 1.54) is 0 Å². The summed E-state index contributed by atoms with van der Waals surface area (Å²) in [4.78, 5) is 10.9. The van der Waals surface area contributed by atoms with Crippen molar-refractivity contribution in [2.75, 3.05) is 6.54 Å². The Kier molecular flexibility index (Phi) is 3.02. The first-order chi connectivity index (χ1) is 6.15. The van der Waals surface area contributed by atoms with Gasteiger partial charge in [-0.25, -0.2) is 0 Å². The molecule has 0 aliphatic rings. The van der Waals surface area contributed by atoms with Gasteiger partial charge in [0, 0.05) is 17.8 Å². The smallest absolute Gasteiger partial charge is 0.234 e. The van der Waals surface area contributed by atoms with Crippen molar-refractivity contribution >= 4 is 5.91 Å². The number of hydrogen-bond donors (Lipinski definition) is 3. The second-order valence-electron chi connectivity index (χ2n) is 2.89. The number of nitrogens with one attached hydrogen (secondary N) is 2. The lowest BCUT2D eigenvalue weighted by molar-refractivity contribution is -0.119. The van der Waals surface area contributed by atoms with E-state index in [9.17, 15) is 4.79 Å². The molecule has 0 spiro atoms. The minimum absolute atomic E-state index is 0.0238. The van der Waals surface area contributed by atoms with Crippen LogP contribution in [0.25, 0.3) is 0 Å². The number of carbonyl (C=O) groups excluding carboxylic acids is 1. The van der Waals surface area contributed by atoms with Crippen molar-refractivity contribution in [3.8, 4) is 0 Å². The van der Waals surface area contributed by atoms with Crippen LogP contribution in [0, 0.1) is 13.8 Å². The molecule has 4 N–H and O–H groups in total. The molecule has 0 aliphatic carbocycles. The third kappa shape index (κ3) is 2.29. The maximum absolute atomic E-state index is 10.9. The number of aryl methyl sites for hydroxylation is 2. The highest BCUT2D eigenvalue weighted by Gasteiger charge is 2.06. The molecular weight excluding hydrogens is 168 g/mol. The van der Waals surface area contributed by atoms with Crippen LogP contribution in [0.4, 0.5) is 0 Å². The van der Waals surface area contributed by atoms with Gasteiger partial charge in [-0.2, -0.15) is 5.10 Å². The van der Waals surface area contributed by atoms with E-state index in [1.54, 1.807) is 0 Å². The number of aromatic amines is 1. The second-order valence-corrected chi connectivity index (χ2v) is 2.89. The van der Waals surface area contributed by atoms with Crippen molar-refractivity contribution in [2.24, 2.45) is 5.73 Å². The first-order valence-corrected chi connectivity index (χ1v) is 4.12. The molecule has 0 saturated carbocycles. The van der Waals surface area contributed by atoms with E-state index < -0.39 is 0 Å². The van der Waals surface area contributed by atoms with Crippen molar-refractivity contribution in [1.29, 1.82) is 0 Å². The van der Waals surface area contributed by atoms with Crippen molar-refractivity contribution in [2.45, 2.75) is 20.4 Å². The molecule has 13 heavy (non-hydrogen) atoms. The molecule has 0 saturated heterocycles. The molecule has 0 unspecified atom stereocenters. The molecule has 1 aromatic rings. The zero-order valence-electron chi connectivity index (χ0n) is 7.85.